The van der Waals surface area contributed by atoms with Gasteiger partial charge in [-0.3, -0.25) is 9.59 Å². The lowest BCUT2D eigenvalue weighted by atomic mass is 9.97. The second kappa shape index (κ2) is 7.81. The van der Waals surface area contributed by atoms with E-state index in [0.29, 0.717) is 18.9 Å². The molecule has 0 radical (unpaired) electrons. The maximum absolute atomic E-state index is 12.2. The van der Waals surface area contributed by atoms with Crippen LogP contribution in [0.25, 0.3) is 0 Å². The van der Waals surface area contributed by atoms with Gasteiger partial charge in [-0.05, 0) is 18.3 Å². The van der Waals surface area contributed by atoms with Crippen LogP contribution in [0, 0.1) is 17.8 Å². The SMILES string of the molecule is CC(C)CC(CNc1nccn(CC(C)C)c1=O)C(=O)O. The molecule has 0 aliphatic rings. The van der Waals surface area contributed by atoms with E-state index < -0.39 is 11.9 Å². The molecule has 1 atom stereocenters. The summed E-state index contributed by atoms with van der Waals surface area (Å²) < 4.78 is 1.60. The molecule has 1 unspecified atom stereocenters. The van der Waals surface area contributed by atoms with E-state index in [1.807, 2.05) is 27.7 Å². The van der Waals surface area contributed by atoms with E-state index in [1.54, 1.807) is 17.0 Å². The fourth-order valence-electron chi connectivity index (χ4n) is 2.17. The van der Waals surface area contributed by atoms with Gasteiger partial charge in [0.1, 0.15) is 0 Å². The summed E-state index contributed by atoms with van der Waals surface area (Å²) in [5, 5.41) is 12.1. The molecule has 2 N–H and O–H groups in total. The predicted octanol–water partition coefficient (Wildman–Crippen LogP) is 2.06. The third-order valence-electron chi connectivity index (χ3n) is 3.10. The first-order valence-electron chi connectivity index (χ1n) is 7.33. The van der Waals surface area contributed by atoms with Crippen LogP contribution in [0.1, 0.15) is 34.1 Å². The highest BCUT2D eigenvalue weighted by molar-refractivity contribution is 5.70. The molecule has 0 fully saturated rings. The molecule has 1 heterocycles. The maximum atomic E-state index is 12.2. The van der Waals surface area contributed by atoms with Crippen molar-refractivity contribution in [3.05, 3.63) is 22.7 Å². The van der Waals surface area contributed by atoms with Crippen LogP contribution in [-0.4, -0.2) is 27.2 Å². The van der Waals surface area contributed by atoms with Gasteiger partial charge in [0, 0.05) is 25.5 Å². The quantitative estimate of drug-likeness (QED) is 0.767. The molecule has 0 aliphatic heterocycles. The standard InChI is InChI=1S/C15H25N3O3/c1-10(2)7-12(15(20)21)8-17-13-14(19)18(6-5-16-13)9-11(3)4/h5-6,10-12H,7-9H2,1-4H3,(H,16,17)(H,20,21). The first kappa shape index (κ1) is 17.2. The number of nitrogens with zero attached hydrogens (tertiary/aromatic N) is 2. The Morgan fingerprint density at radius 2 is 2.00 bits per heavy atom. The third-order valence-corrected chi connectivity index (χ3v) is 3.10. The lowest BCUT2D eigenvalue weighted by molar-refractivity contribution is -0.141. The highest BCUT2D eigenvalue weighted by Gasteiger charge is 2.19. The number of carbonyl (C=O) groups is 1. The molecular weight excluding hydrogens is 270 g/mol. The summed E-state index contributed by atoms with van der Waals surface area (Å²) in [6.07, 6.45) is 3.77. The van der Waals surface area contributed by atoms with Crippen molar-refractivity contribution in [1.29, 1.82) is 0 Å². The third kappa shape index (κ3) is 5.57. The molecule has 0 aromatic carbocycles. The number of carboxylic acid groups (broad SMARTS) is 1. The van der Waals surface area contributed by atoms with E-state index in [1.165, 1.54) is 0 Å². The molecule has 0 bridgehead atoms. The molecule has 1 rings (SSSR count). The minimum atomic E-state index is -0.852. The lowest BCUT2D eigenvalue weighted by Crippen LogP contribution is -2.30. The molecule has 0 spiro atoms. The normalized spacial score (nSPS) is 12.7. The second-order valence-corrected chi connectivity index (χ2v) is 6.17. The molecule has 0 saturated heterocycles. The van der Waals surface area contributed by atoms with Crippen molar-refractivity contribution in [2.75, 3.05) is 11.9 Å². The van der Waals surface area contributed by atoms with Crippen LogP contribution in [0.3, 0.4) is 0 Å². The number of hydrogen-bond acceptors (Lipinski definition) is 4. The number of nitrogens with one attached hydrogen (secondary N) is 1. The molecular formula is C15H25N3O3. The van der Waals surface area contributed by atoms with E-state index in [-0.39, 0.29) is 23.8 Å². The van der Waals surface area contributed by atoms with E-state index in [4.69, 9.17) is 0 Å². The Morgan fingerprint density at radius 3 is 2.52 bits per heavy atom. The maximum Gasteiger partial charge on any atom is 0.308 e. The average Bonchev–Trinajstić information content (AvgIpc) is 2.37. The van der Waals surface area contributed by atoms with Gasteiger partial charge < -0.3 is 15.0 Å². The Morgan fingerprint density at radius 1 is 1.33 bits per heavy atom. The van der Waals surface area contributed by atoms with Crippen LogP contribution in [0.5, 0.6) is 0 Å². The molecule has 6 nitrogen and oxygen atoms in total. The number of anilines is 1. The largest absolute Gasteiger partial charge is 0.481 e. The molecule has 118 valence electrons. The van der Waals surface area contributed by atoms with E-state index in [0.717, 1.165) is 0 Å². The Labute approximate surface area is 125 Å². The van der Waals surface area contributed by atoms with Gasteiger partial charge in [-0.1, -0.05) is 27.7 Å². The van der Waals surface area contributed by atoms with Crippen molar-refractivity contribution in [3.63, 3.8) is 0 Å². The fraction of sp³-hybridized carbons (Fsp3) is 0.667. The highest BCUT2D eigenvalue weighted by atomic mass is 16.4. The van der Waals surface area contributed by atoms with Gasteiger partial charge in [-0.15, -0.1) is 0 Å². The van der Waals surface area contributed by atoms with Crippen molar-refractivity contribution in [2.24, 2.45) is 17.8 Å². The summed E-state index contributed by atoms with van der Waals surface area (Å²) in [5.41, 5.74) is -0.208. The van der Waals surface area contributed by atoms with Gasteiger partial charge >= 0.3 is 5.97 Å². The summed E-state index contributed by atoms with van der Waals surface area (Å²) in [4.78, 5) is 27.4. The summed E-state index contributed by atoms with van der Waals surface area (Å²) in [7, 11) is 0. The average molecular weight is 295 g/mol. The van der Waals surface area contributed by atoms with Crippen molar-refractivity contribution >= 4 is 11.8 Å². The zero-order valence-corrected chi connectivity index (χ0v) is 13.2. The Bertz CT molecular complexity index is 523. The zero-order valence-electron chi connectivity index (χ0n) is 13.2. The van der Waals surface area contributed by atoms with Crippen molar-refractivity contribution < 1.29 is 9.90 Å². The summed E-state index contributed by atoms with van der Waals surface area (Å²) >= 11 is 0. The fourth-order valence-corrected chi connectivity index (χ4v) is 2.17. The summed E-state index contributed by atoms with van der Waals surface area (Å²) in [5.74, 6) is -0.521. The molecule has 21 heavy (non-hydrogen) atoms. The molecule has 0 saturated carbocycles. The van der Waals surface area contributed by atoms with Crippen LogP contribution in [0.15, 0.2) is 17.2 Å². The topological polar surface area (TPSA) is 84.2 Å². The Hall–Kier alpha value is -1.85. The minimum Gasteiger partial charge on any atom is -0.481 e. The van der Waals surface area contributed by atoms with Crippen molar-refractivity contribution in [3.8, 4) is 0 Å². The Balaban J connectivity index is 2.78. The van der Waals surface area contributed by atoms with Gasteiger partial charge in [0.05, 0.1) is 5.92 Å². The second-order valence-electron chi connectivity index (χ2n) is 6.17. The molecule has 1 aromatic heterocycles. The monoisotopic (exact) mass is 295 g/mol. The number of rotatable bonds is 8. The van der Waals surface area contributed by atoms with Crippen LogP contribution in [-0.2, 0) is 11.3 Å². The van der Waals surface area contributed by atoms with E-state index >= 15 is 0 Å². The molecule has 6 heteroatoms. The lowest BCUT2D eigenvalue weighted by Gasteiger charge is -2.16. The van der Waals surface area contributed by atoms with Gasteiger partial charge in [0.2, 0.25) is 0 Å². The van der Waals surface area contributed by atoms with Crippen LogP contribution < -0.4 is 10.9 Å². The summed E-state index contributed by atoms with van der Waals surface area (Å²) in [6, 6.07) is 0. The van der Waals surface area contributed by atoms with Gasteiger partial charge in [0.15, 0.2) is 5.82 Å². The number of carboxylic acids is 1. The highest BCUT2D eigenvalue weighted by Crippen LogP contribution is 2.12. The number of aliphatic carboxylic acids is 1. The Kier molecular flexibility index (Phi) is 6.39. The van der Waals surface area contributed by atoms with E-state index in [9.17, 15) is 14.7 Å². The van der Waals surface area contributed by atoms with Gasteiger partial charge in [-0.2, -0.15) is 0 Å². The smallest absolute Gasteiger partial charge is 0.308 e. The predicted molar refractivity (Wildman–Crippen MR) is 82.4 cm³/mol. The number of aromatic nitrogens is 2. The first-order chi connectivity index (χ1) is 9.81. The van der Waals surface area contributed by atoms with Gasteiger partial charge in [-0.25, -0.2) is 4.98 Å². The van der Waals surface area contributed by atoms with Crippen LogP contribution in [0.4, 0.5) is 5.82 Å². The molecule has 1 aromatic rings. The molecule has 0 aliphatic carbocycles. The van der Waals surface area contributed by atoms with Crippen LogP contribution in [0.2, 0.25) is 0 Å². The van der Waals surface area contributed by atoms with Crippen molar-refractivity contribution in [1.82, 2.24) is 9.55 Å². The number of hydrogen-bond donors (Lipinski definition) is 2. The zero-order chi connectivity index (χ0) is 16.0. The first-order valence-corrected chi connectivity index (χ1v) is 7.33. The van der Waals surface area contributed by atoms with Crippen LogP contribution >= 0.6 is 0 Å². The van der Waals surface area contributed by atoms with Gasteiger partial charge in [0.25, 0.3) is 5.56 Å². The van der Waals surface area contributed by atoms with E-state index in [2.05, 4.69) is 10.3 Å². The van der Waals surface area contributed by atoms with Crippen molar-refractivity contribution in [2.45, 2.75) is 40.7 Å². The molecule has 0 amide bonds. The summed E-state index contributed by atoms with van der Waals surface area (Å²) in [6.45, 7) is 8.84. The minimum absolute atomic E-state index is 0.208.